The Hall–Kier alpha value is -3.46. The molecule has 0 bridgehead atoms. The second-order valence-electron chi connectivity index (χ2n) is 11.0. The quantitative estimate of drug-likeness (QED) is 0.271. The molecule has 2 aromatic carbocycles. The molecule has 2 fully saturated rings. The molecule has 0 aliphatic carbocycles. The van der Waals surface area contributed by atoms with Gasteiger partial charge in [-0.3, -0.25) is 4.90 Å². The van der Waals surface area contributed by atoms with Gasteiger partial charge in [0.25, 0.3) is 0 Å². The lowest BCUT2D eigenvalue weighted by Crippen LogP contribution is -2.39. The van der Waals surface area contributed by atoms with Gasteiger partial charge in [-0.1, -0.05) is 19.4 Å². The molecule has 2 aliphatic heterocycles. The Morgan fingerprint density at radius 2 is 1.56 bits per heavy atom. The Balaban J connectivity index is 1.26. The maximum atomic E-state index is 6.01. The molecule has 0 saturated carbocycles. The smallest absolute Gasteiger partial charge is 0.225 e. The summed E-state index contributed by atoms with van der Waals surface area (Å²) in [5.74, 6) is 4.68. The first-order valence-corrected chi connectivity index (χ1v) is 15.1. The summed E-state index contributed by atoms with van der Waals surface area (Å²) in [6.07, 6.45) is 7.84. The number of nitrogens with zero attached hydrogens (tertiary/aromatic N) is 4. The third-order valence-electron chi connectivity index (χ3n) is 8.15. The molecular formula is C32H45N5O4. The van der Waals surface area contributed by atoms with E-state index in [0.29, 0.717) is 30.1 Å². The molecule has 0 radical (unpaired) electrons. The number of benzene rings is 2. The van der Waals surface area contributed by atoms with Crippen LogP contribution in [-0.4, -0.2) is 75.0 Å². The molecule has 0 amide bonds. The fourth-order valence-corrected chi connectivity index (χ4v) is 5.79. The predicted molar refractivity (Wildman–Crippen MR) is 164 cm³/mol. The molecule has 41 heavy (non-hydrogen) atoms. The highest BCUT2D eigenvalue weighted by atomic mass is 16.5. The molecule has 2 aliphatic rings. The van der Waals surface area contributed by atoms with Crippen molar-refractivity contribution >= 4 is 22.7 Å². The minimum Gasteiger partial charge on any atom is -0.493 e. The van der Waals surface area contributed by atoms with Crippen LogP contribution in [0, 0.1) is 0 Å². The molecule has 3 aromatic rings. The van der Waals surface area contributed by atoms with Crippen LogP contribution in [0.15, 0.2) is 30.3 Å². The zero-order chi connectivity index (χ0) is 28.6. The van der Waals surface area contributed by atoms with Crippen molar-refractivity contribution in [2.45, 2.75) is 64.5 Å². The van der Waals surface area contributed by atoms with Crippen molar-refractivity contribution < 1.29 is 18.9 Å². The van der Waals surface area contributed by atoms with Crippen LogP contribution in [0.2, 0.25) is 0 Å². The number of piperidine rings is 2. The van der Waals surface area contributed by atoms with Crippen molar-refractivity contribution in [2.24, 2.45) is 0 Å². The van der Waals surface area contributed by atoms with Crippen LogP contribution in [0.5, 0.6) is 23.0 Å². The minimum absolute atomic E-state index is 0.321. The van der Waals surface area contributed by atoms with Gasteiger partial charge in [0.2, 0.25) is 5.95 Å². The van der Waals surface area contributed by atoms with Crippen LogP contribution < -0.4 is 29.2 Å². The topological polar surface area (TPSA) is 81.2 Å². The van der Waals surface area contributed by atoms with E-state index in [-0.39, 0.29) is 0 Å². The molecule has 1 N–H and O–H groups in total. The number of ether oxygens (including phenoxy) is 4. The number of nitrogens with one attached hydrogen (secondary N) is 1. The van der Waals surface area contributed by atoms with Gasteiger partial charge in [-0.2, -0.15) is 4.98 Å². The Bertz CT molecular complexity index is 1290. The van der Waals surface area contributed by atoms with Crippen LogP contribution in [0.25, 0.3) is 10.9 Å². The maximum absolute atomic E-state index is 6.01. The number of methoxy groups -OCH3 is 3. The third-order valence-corrected chi connectivity index (χ3v) is 8.15. The van der Waals surface area contributed by atoms with Gasteiger partial charge in [-0.15, -0.1) is 0 Å². The molecule has 5 rings (SSSR count). The van der Waals surface area contributed by atoms with E-state index in [1.54, 1.807) is 21.3 Å². The fourth-order valence-electron chi connectivity index (χ4n) is 5.79. The highest BCUT2D eigenvalue weighted by Crippen LogP contribution is 2.37. The van der Waals surface area contributed by atoms with Gasteiger partial charge in [-0.05, 0) is 62.3 Å². The second kappa shape index (κ2) is 13.9. The van der Waals surface area contributed by atoms with Crippen molar-refractivity contribution in [2.75, 3.05) is 64.3 Å². The van der Waals surface area contributed by atoms with E-state index in [1.807, 2.05) is 18.2 Å². The molecule has 9 heteroatoms. The lowest BCUT2D eigenvalue weighted by Gasteiger charge is -2.33. The first kappa shape index (κ1) is 29.0. The summed E-state index contributed by atoms with van der Waals surface area (Å²) < 4.78 is 22.7. The van der Waals surface area contributed by atoms with E-state index >= 15 is 0 Å². The van der Waals surface area contributed by atoms with Gasteiger partial charge in [0.05, 0.1) is 33.5 Å². The van der Waals surface area contributed by atoms with E-state index in [4.69, 9.17) is 28.9 Å². The number of rotatable bonds is 12. The van der Waals surface area contributed by atoms with Crippen molar-refractivity contribution in [3.05, 3.63) is 35.9 Å². The summed E-state index contributed by atoms with van der Waals surface area (Å²) in [7, 11) is 5.03. The van der Waals surface area contributed by atoms with Crippen LogP contribution in [0.1, 0.15) is 57.4 Å². The van der Waals surface area contributed by atoms with Crippen molar-refractivity contribution in [3.8, 4) is 23.0 Å². The summed E-state index contributed by atoms with van der Waals surface area (Å²) in [6, 6.07) is 10.6. The van der Waals surface area contributed by atoms with Gasteiger partial charge in [0.15, 0.2) is 23.0 Å². The molecule has 0 unspecified atom stereocenters. The normalized spacial score (nSPS) is 16.5. The zero-order valence-corrected chi connectivity index (χ0v) is 25.1. The summed E-state index contributed by atoms with van der Waals surface area (Å²) in [4.78, 5) is 14.9. The highest BCUT2D eigenvalue weighted by molar-refractivity contribution is 5.93. The first-order valence-electron chi connectivity index (χ1n) is 15.1. The fraction of sp³-hybridized carbons (Fsp3) is 0.562. The van der Waals surface area contributed by atoms with Crippen molar-refractivity contribution in [1.29, 1.82) is 0 Å². The Kier molecular flexibility index (Phi) is 9.88. The van der Waals surface area contributed by atoms with Gasteiger partial charge in [-0.25, -0.2) is 4.98 Å². The standard InChI is InChI=1S/C32H45N5O4/c1-5-6-18-41-30-19-23(10-11-27(30)38-2)22-36-16-12-24(13-17-36)33-32-34-26-21-29(40-4)28(39-3)20-25(26)31(35-32)37-14-8-7-9-15-37/h10-11,19-21,24H,5-9,12-18,22H2,1-4H3,(H,33,34,35). The summed E-state index contributed by atoms with van der Waals surface area (Å²) in [5, 5.41) is 4.67. The van der Waals surface area contributed by atoms with E-state index in [1.165, 1.54) is 24.8 Å². The van der Waals surface area contributed by atoms with E-state index in [0.717, 1.165) is 86.6 Å². The number of fused-ring (bicyclic) bond motifs is 1. The van der Waals surface area contributed by atoms with E-state index < -0.39 is 0 Å². The molecule has 1 aromatic heterocycles. The van der Waals surface area contributed by atoms with Crippen LogP contribution in [0.4, 0.5) is 11.8 Å². The summed E-state index contributed by atoms with van der Waals surface area (Å²) in [6.45, 7) is 7.81. The number of unbranched alkanes of at least 4 members (excludes halogenated alkanes) is 1. The molecule has 0 spiro atoms. The lowest BCUT2D eigenvalue weighted by molar-refractivity contribution is 0.210. The Labute approximate surface area is 244 Å². The summed E-state index contributed by atoms with van der Waals surface area (Å²) >= 11 is 0. The SMILES string of the molecule is CCCCOc1cc(CN2CCC(Nc3nc(N4CCCCC4)c4cc(OC)c(OC)cc4n3)CC2)ccc1OC. The van der Waals surface area contributed by atoms with Crippen molar-refractivity contribution in [3.63, 3.8) is 0 Å². The van der Waals surface area contributed by atoms with Crippen LogP contribution in [-0.2, 0) is 6.54 Å². The molecule has 2 saturated heterocycles. The number of likely N-dealkylation sites (tertiary alicyclic amines) is 1. The monoisotopic (exact) mass is 563 g/mol. The second-order valence-corrected chi connectivity index (χ2v) is 11.0. The summed E-state index contributed by atoms with van der Waals surface area (Å²) in [5.41, 5.74) is 2.12. The Morgan fingerprint density at radius 1 is 0.829 bits per heavy atom. The average molecular weight is 564 g/mol. The number of anilines is 2. The molecule has 9 nitrogen and oxygen atoms in total. The molecule has 0 atom stereocenters. The number of aromatic nitrogens is 2. The maximum Gasteiger partial charge on any atom is 0.225 e. The average Bonchev–Trinajstić information content (AvgIpc) is 3.01. The third kappa shape index (κ3) is 7.07. The molecular weight excluding hydrogens is 518 g/mol. The zero-order valence-electron chi connectivity index (χ0n) is 25.1. The van der Waals surface area contributed by atoms with E-state index in [9.17, 15) is 0 Å². The molecule has 3 heterocycles. The van der Waals surface area contributed by atoms with Gasteiger partial charge >= 0.3 is 0 Å². The van der Waals surface area contributed by atoms with Gasteiger partial charge in [0, 0.05) is 50.2 Å². The van der Waals surface area contributed by atoms with Crippen molar-refractivity contribution in [1.82, 2.24) is 14.9 Å². The van der Waals surface area contributed by atoms with E-state index in [2.05, 4.69) is 34.2 Å². The Morgan fingerprint density at radius 3 is 2.27 bits per heavy atom. The van der Waals surface area contributed by atoms with Crippen LogP contribution >= 0.6 is 0 Å². The molecule has 222 valence electrons. The lowest BCUT2D eigenvalue weighted by atomic mass is 10.0. The highest BCUT2D eigenvalue weighted by Gasteiger charge is 2.23. The van der Waals surface area contributed by atoms with Gasteiger partial charge in [0.1, 0.15) is 5.82 Å². The first-order chi connectivity index (χ1) is 20.1. The number of hydrogen-bond donors (Lipinski definition) is 1. The number of hydrogen-bond acceptors (Lipinski definition) is 9. The van der Waals surface area contributed by atoms with Crippen LogP contribution in [0.3, 0.4) is 0 Å². The van der Waals surface area contributed by atoms with Gasteiger partial charge < -0.3 is 29.2 Å². The predicted octanol–water partition coefficient (Wildman–Crippen LogP) is 5.90. The largest absolute Gasteiger partial charge is 0.493 e. The minimum atomic E-state index is 0.321.